The Hall–Kier alpha value is -6.62. The van der Waals surface area contributed by atoms with Gasteiger partial charge in [-0.15, -0.1) is 0 Å². The van der Waals surface area contributed by atoms with Gasteiger partial charge in [0, 0.05) is 26.5 Å². The number of fused-ring (bicyclic) bond motifs is 11. The predicted octanol–water partition coefficient (Wildman–Crippen LogP) is 12.5. The minimum absolute atomic E-state index is 0.519. The third kappa shape index (κ3) is 4.60. The van der Waals surface area contributed by atoms with Crippen molar-refractivity contribution in [3.05, 3.63) is 210 Å². The first kappa shape index (κ1) is 31.0. The molecule has 8 aromatic carbocycles. The Morgan fingerprint density at radius 1 is 0.333 bits per heavy atom. The molecule has 0 saturated carbocycles. The first-order chi connectivity index (χ1) is 26.8. The molecule has 0 unspecified atom stereocenters. The second-order valence-electron chi connectivity index (χ2n) is 13.9. The van der Waals surface area contributed by atoms with Gasteiger partial charge in [-0.2, -0.15) is 0 Å². The van der Waals surface area contributed by atoms with Gasteiger partial charge in [0.05, 0.1) is 5.41 Å². The highest BCUT2D eigenvalue weighted by atomic mass is 32.2. The van der Waals surface area contributed by atoms with E-state index in [2.05, 4.69) is 164 Å². The van der Waals surface area contributed by atoms with Gasteiger partial charge >= 0.3 is 0 Å². The van der Waals surface area contributed by atoms with Crippen molar-refractivity contribution >= 4 is 22.5 Å². The van der Waals surface area contributed by atoms with Crippen LogP contribution in [0.4, 0.5) is 0 Å². The first-order valence-electron chi connectivity index (χ1n) is 18.3. The zero-order valence-corrected chi connectivity index (χ0v) is 30.0. The molecule has 3 nitrogen and oxygen atoms in total. The Labute approximate surface area is 318 Å². The number of aromatic nitrogens is 3. The third-order valence-electron chi connectivity index (χ3n) is 11.0. The Balaban J connectivity index is 1.21. The molecule has 1 aliphatic heterocycles. The molecule has 1 spiro atoms. The second kappa shape index (κ2) is 12.2. The van der Waals surface area contributed by atoms with Crippen molar-refractivity contribution in [2.75, 3.05) is 0 Å². The van der Waals surface area contributed by atoms with Crippen LogP contribution in [0.2, 0.25) is 0 Å². The Morgan fingerprint density at radius 2 is 0.796 bits per heavy atom. The highest BCUT2D eigenvalue weighted by molar-refractivity contribution is 7.99. The lowest BCUT2D eigenvalue weighted by Gasteiger charge is -2.39. The lowest BCUT2D eigenvalue weighted by Crippen LogP contribution is -2.32. The molecule has 0 fully saturated rings. The third-order valence-corrected chi connectivity index (χ3v) is 12.2. The maximum atomic E-state index is 5.32. The van der Waals surface area contributed by atoms with Crippen molar-refractivity contribution in [2.24, 2.45) is 0 Å². The lowest BCUT2D eigenvalue weighted by atomic mass is 9.67. The summed E-state index contributed by atoms with van der Waals surface area (Å²) in [6.45, 7) is 0. The van der Waals surface area contributed by atoms with Crippen LogP contribution in [0.15, 0.2) is 198 Å². The van der Waals surface area contributed by atoms with E-state index in [1.54, 1.807) is 0 Å². The molecule has 4 heteroatoms. The number of hydrogen-bond acceptors (Lipinski definition) is 4. The smallest absolute Gasteiger partial charge is 0.164 e. The fraction of sp³-hybridized carbons (Fsp3) is 0.0200. The van der Waals surface area contributed by atoms with Gasteiger partial charge in [-0.1, -0.05) is 182 Å². The first-order valence-corrected chi connectivity index (χ1v) is 19.1. The topological polar surface area (TPSA) is 38.7 Å². The van der Waals surface area contributed by atoms with E-state index in [4.69, 9.17) is 15.0 Å². The summed E-state index contributed by atoms with van der Waals surface area (Å²) < 4.78 is 0. The molecule has 11 rings (SSSR count). The molecule has 0 N–H and O–H groups in total. The van der Waals surface area contributed by atoms with E-state index >= 15 is 0 Å². The summed E-state index contributed by atoms with van der Waals surface area (Å²) in [5.74, 6) is 1.95. The van der Waals surface area contributed by atoms with Crippen LogP contribution < -0.4 is 0 Å². The summed E-state index contributed by atoms with van der Waals surface area (Å²) in [7, 11) is 0. The lowest BCUT2D eigenvalue weighted by molar-refractivity contribution is 0.723. The average Bonchev–Trinajstić information content (AvgIpc) is 3.54. The zero-order valence-electron chi connectivity index (χ0n) is 29.1. The predicted molar refractivity (Wildman–Crippen MR) is 221 cm³/mol. The van der Waals surface area contributed by atoms with E-state index in [0.717, 1.165) is 27.6 Å². The van der Waals surface area contributed by atoms with Crippen LogP contribution in [0.25, 0.3) is 67.2 Å². The highest BCUT2D eigenvalue weighted by Gasteiger charge is 2.50. The van der Waals surface area contributed by atoms with Gasteiger partial charge in [0.15, 0.2) is 17.5 Å². The number of hydrogen-bond donors (Lipinski definition) is 0. The molecule has 0 saturated heterocycles. The van der Waals surface area contributed by atoms with Gasteiger partial charge < -0.3 is 0 Å². The largest absolute Gasteiger partial charge is 0.208 e. The summed E-state index contributed by atoms with van der Waals surface area (Å²) in [5, 5.41) is 2.31. The SMILES string of the molecule is c1ccc(-c2ccc(-c3nc(-c4ccccc4)nc(-c4cc5c(c6ccccc46)-c4ccccc4C54c5ccccc5Sc5ccccc54)n3)cc2)cc1. The van der Waals surface area contributed by atoms with Gasteiger partial charge in [-0.3, -0.25) is 0 Å². The molecule has 0 atom stereocenters. The molecule has 1 aliphatic carbocycles. The quantitative estimate of drug-likeness (QED) is 0.183. The second-order valence-corrected chi connectivity index (χ2v) is 15.0. The van der Waals surface area contributed by atoms with Gasteiger partial charge in [-0.05, 0) is 73.5 Å². The molecular formula is C50H31N3S. The van der Waals surface area contributed by atoms with Crippen LogP contribution in [-0.4, -0.2) is 15.0 Å². The monoisotopic (exact) mass is 705 g/mol. The van der Waals surface area contributed by atoms with Crippen LogP contribution in [0.5, 0.6) is 0 Å². The number of nitrogens with zero attached hydrogens (tertiary/aromatic N) is 3. The summed E-state index contributed by atoms with van der Waals surface area (Å²) in [6, 6.07) is 67.3. The summed E-state index contributed by atoms with van der Waals surface area (Å²) >= 11 is 1.86. The van der Waals surface area contributed by atoms with Crippen molar-refractivity contribution < 1.29 is 0 Å². The molecule has 54 heavy (non-hydrogen) atoms. The summed E-state index contributed by atoms with van der Waals surface area (Å²) in [5.41, 5.74) is 12.4. The molecule has 2 aliphatic rings. The average molecular weight is 706 g/mol. The van der Waals surface area contributed by atoms with E-state index in [1.165, 1.54) is 54.1 Å². The maximum Gasteiger partial charge on any atom is 0.164 e. The fourth-order valence-corrected chi connectivity index (χ4v) is 9.87. The van der Waals surface area contributed by atoms with Crippen LogP contribution in [-0.2, 0) is 5.41 Å². The van der Waals surface area contributed by atoms with Crippen molar-refractivity contribution in [3.8, 4) is 56.4 Å². The van der Waals surface area contributed by atoms with E-state index in [0.29, 0.717) is 17.5 Å². The highest BCUT2D eigenvalue weighted by Crippen LogP contribution is 2.63. The summed E-state index contributed by atoms with van der Waals surface area (Å²) in [6.07, 6.45) is 0. The van der Waals surface area contributed by atoms with Gasteiger partial charge in [0.1, 0.15) is 0 Å². The van der Waals surface area contributed by atoms with Crippen LogP contribution in [0.3, 0.4) is 0 Å². The van der Waals surface area contributed by atoms with Crippen molar-refractivity contribution in [1.29, 1.82) is 0 Å². The standard InChI is InChI=1S/C50H31N3S/c1-3-15-32(16-4-1)33-27-29-35(30-28-33)48-51-47(34-17-5-2-6-18-34)52-49(53-48)39-31-43-46(37-20-8-7-19-36(37)39)38-21-9-10-22-40(38)50(43)41-23-11-13-25-44(41)54-45-26-14-12-24-42(45)50/h1-31H. The van der Waals surface area contributed by atoms with Crippen LogP contribution in [0, 0.1) is 0 Å². The molecule has 1 aromatic heterocycles. The molecule has 252 valence electrons. The molecule has 9 aromatic rings. The van der Waals surface area contributed by atoms with Crippen LogP contribution >= 0.6 is 11.8 Å². The van der Waals surface area contributed by atoms with Crippen molar-refractivity contribution in [2.45, 2.75) is 15.2 Å². The molecular weight excluding hydrogens is 675 g/mol. The molecule has 0 amide bonds. The van der Waals surface area contributed by atoms with Gasteiger partial charge in [0.2, 0.25) is 0 Å². The summed E-state index contributed by atoms with van der Waals surface area (Å²) in [4.78, 5) is 18.3. The Morgan fingerprint density at radius 3 is 1.46 bits per heavy atom. The minimum Gasteiger partial charge on any atom is -0.208 e. The maximum absolute atomic E-state index is 5.32. The number of benzene rings is 8. The van der Waals surface area contributed by atoms with E-state index in [-0.39, 0.29) is 0 Å². The van der Waals surface area contributed by atoms with Crippen LogP contribution in [0.1, 0.15) is 22.3 Å². The zero-order chi connectivity index (χ0) is 35.6. The Kier molecular flexibility index (Phi) is 7.01. The molecule has 2 heterocycles. The van der Waals surface area contributed by atoms with Gasteiger partial charge in [0.25, 0.3) is 0 Å². The minimum atomic E-state index is -0.519. The normalized spacial score (nSPS) is 13.3. The molecule has 0 radical (unpaired) electrons. The van der Waals surface area contributed by atoms with E-state index < -0.39 is 5.41 Å². The molecule has 0 bridgehead atoms. The van der Waals surface area contributed by atoms with E-state index in [9.17, 15) is 0 Å². The van der Waals surface area contributed by atoms with Gasteiger partial charge in [-0.25, -0.2) is 15.0 Å². The van der Waals surface area contributed by atoms with E-state index in [1.807, 2.05) is 36.0 Å². The van der Waals surface area contributed by atoms with Crippen molar-refractivity contribution in [3.63, 3.8) is 0 Å². The fourth-order valence-electron chi connectivity index (χ4n) is 8.68. The Bertz CT molecular complexity index is 2860. The van der Waals surface area contributed by atoms with Crippen molar-refractivity contribution in [1.82, 2.24) is 15.0 Å². The number of rotatable bonds is 4.